The summed E-state index contributed by atoms with van der Waals surface area (Å²) in [5.41, 5.74) is 2.34. The number of benzene rings is 1. The van der Waals surface area contributed by atoms with E-state index in [-0.39, 0.29) is 11.8 Å². The lowest BCUT2D eigenvalue weighted by Crippen LogP contribution is -2.41. The van der Waals surface area contributed by atoms with Crippen molar-refractivity contribution >= 4 is 11.7 Å². The highest BCUT2D eigenvalue weighted by atomic mass is 16.5. The van der Waals surface area contributed by atoms with E-state index in [1.54, 1.807) is 11.0 Å². The molecule has 2 aromatic heterocycles. The lowest BCUT2D eigenvalue weighted by atomic mass is 9.96. The van der Waals surface area contributed by atoms with E-state index in [1.807, 2.05) is 32.0 Å². The van der Waals surface area contributed by atoms with Crippen molar-refractivity contribution < 1.29 is 9.53 Å². The van der Waals surface area contributed by atoms with Crippen LogP contribution in [0.3, 0.4) is 0 Å². The SMILES string of the molecule is Cc1cc(C)cc(OCCNC(=O)C2CCN(c3cc(-n4cncn4)ncn3)CC2)c1. The van der Waals surface area contributed by atoms with Gasteiger partial charge in [0.15, 0.2) is 5.82 Å². The number of piperidine rings is 1. The average Bonchev–Trinajstić information content (AvgIpc) is 3.31. The maximum Gasteiger partial charge on any atom is 0.223 e. The first kappa shape index (κ1) is 20.8. The highest BCUT2D eigenvalue weighted by molar-refractivity contribution is 5.79. The fourth-order valence-electron chi connectivity index (χ4n) is 3.84. The van der Waals surface area contributed by atoms with Crippen molar-refractivity contribution in [3.05, 3.63) is 54.4 Å². The second-order valence-corrected chi connectivity index (χ2v) is 7.80. The topological polar surface area (TPSA) is 98.1 Å². The van der Waals surface area contributed by atoms with Crippen LogP contribution in [0.1, 0.15) is 24.0 Å². The monoisotopic (exact) mass is 421 g/mol. The summed E-state index contributed by atoms with van der Waals surface area (Å²) in [6.07, 6.45) is 6.17. The minimum Gasteiger partial charge on any atom is -0.492 e. The highest BCUT2D eigenvalue weighted by Gasteiger charge is 2.25. The molecule has 31 heavy (non-hydrogen) atoms. The van der Waals surface area contributed by atoms with Crippen molar-refractivity contribution in [3.63, 3.8) is 0 Å². The zero-order chi connectivity index (χ0) is 21.6. The Morgan fingerprint density at radius 2 is 1.81 bits per heavy atom. The number of nitrogens with zero attached hydrogens (tertiary/aromatic N) is 6. The summed E-state index contributed by atoms with van der Waals surface area (Å²) in [5, 5.41) is 7.11. The molecule has 1 aliphatic rings. The smallest absolute Gasteiger partial charge is 0.223 e. The van der Waals surface area contributed by atoms with Gasteiger partial charge in [0, 0.05) is 25.1 Å². The second kappa shape index (κ2) is 9.55. The maximum absolute atomic E-state index is 12.5. The molecule has 1 aliphatic heterocycles. The molecule has 1 saturated heterocycles. The number of amides is 1. The summed E-state index contributed by atoms with van der Waals surface area (Å²) >= 11 is 0. The molecule has 3 heterocycles. The van der Waals surface area contributed by atoms with Gasteiger partial charge in [-0.3, -0.25) is 4.79 Å². The van der Waals surface area contributed by atoms with Crippen LogP contribution < -0.4 is 15.0 Å². The zero-order valence-electron chi connectivity index (χ0n) is 17.9. The minimum atomic E-state index is 0.00841. The number of aryl methyl sites for hydroxylation is 2. The molecular formula is C22H27N7O2. The fraction of sp³-hybridized carbons (Fsp3) is 0.409. The predicted octanol–water partition coefficient (Wildman–Crippen LogP) is 2.09. The second-order valence-electron chi connectivity index (χ2n) is 7.80. The van der Waals surface area contributed by atoms with Crippen LogP contribution in [0, 0.1) is 19.8 Å². The van der Waals surface area contributed by atoms with Gasteiger partial charge in [-0.05, 0) is 49.9 Å². The molecule has 0 unspecified atom stereocenters. The van der Waals surface area contributed by atoms with Gasteiger partial charge in [0.1, 0.15) is 37.2 Å². The van der Waals surface area contributed by atoms with E-state index in [0.717, 1.165) is 37.5 Å². The Morgan fingerprint density at radius 3 is 2.52 bits per heavy atom. The Hall–Kier alpha value is -3.49. The molecular weight excluding hydrogens is 394 g/mol. The standard InChI is InChI=1S/C22H27N7O2/c1-16-9-17(2)11-19(10-16)31-8-5-24-22(30)18-3-6-28(7-4-18)20-12-21(26-14-25-20)29-15-23-13-27-29/h9-15,18H,3-8H2,1-2H3,(H,24,30). The summed E-state index contributed by atoms with van der Waals surface area (Å²) in [5.74, 6) is 2.45. The number of anilines is 1. The lowest BCUT2D eigenvalue weighted by Gasteiger charge is -2.32. The van der Waals surface area contributed by atoms with Crippen molar-refractivity contribution in [1.82, 2.24) is 30.0 Å². The molecule has 0 spiro atoms. The Labute approximate surface area is 181 Å². The van der Waals surface area contributed by atoms with Crippen LogP contribution in [0.4, 0.5) is 5.82 Å². The van der Waals surface area contributed by atoms with Gasteiger partial charge in [-0.15, -0.1) is 0 Å². The first-order chi connectivity index (χ1) is 15.1. The molecule has 0 radical (unpaired) electrons. The van der Waals surface area contributed by atoms with Crippen molar-refractivity contribution in [3.8, 4) is 11.6 Å². The number of aromatic nitrogens is 5. The molecule has 1 amide bonds. The Morgan fingerprint density at radius 1 is 1.06 bits per heavy atom. The van der Waals surface area contributed by atoms with Crippen LogP contribution in [-0.4, -0.2) is 56.9 Å². The number of carbonyl (C=O) groups excluding carboxylic acids is 1. The first-order valence-electron chi connectivity index (χ1n) is 10.5. The van der Waals surface area contributed by atoms with Crippen molar-refractivity contribution in [1.29, 1.82) is 0 Å². The molecule has 162 valence electrons. The quantitative estimate of drug-likeness (QED) is 0.583. The van der Waals surface area contributed by atoms with Crippen LogP contribution in [0.15, 0.2) is 43.2 Å². The van der Waals surface area contributed by atoms with Gasteiger partial charge in [0.05, 0.1) is 6.54 Å². The molecule has 0 bridgehead atoms. The molecule has 0 atom stereocenters. The van der Waals surface area contributed by atoms with E-state index in [0.29, 0.717) is 19.0 Å². The van der Waals surface area contributed by atoms with Gasteiger partial charge in [0.25, 0.3) is 0 Å². The van der Waals surface area contributed by atoms with Gasteiger partial charge < -0.3 is 15.0 Å². The summed E-state index contributed by atoms with van der Waals surface area (Å²) in [6, 6.07) is 8.01. The molecule has 1 fully saturated rings. The van der Waals surface area contributed by atoms with E-state index in [4.69, 9.17) is 4.74 Å². The van der Waals surface area contributed by atoms with Crippen molar-refractivity contribution in [2.45, 2.75) is 26.7 Å². The summed E-state index contributed by atoms with van der Waals surface area (Å²) in [6.45, 7) is 6.59. The molecule has 1 N–H and O–H groups in total. The van der Waals surface area contributed by atoms with Crippen molar-refractivity contribution in [2.24, 2.45) is 5.92 Å². The van der Waals surface area contributed by atoms with Crippen LogP contribution in [0.25, 0.3) is 5.82 Å². The summed E-state index contributed by atoms with van der Waals surface area (Å²) in [7, 11) is 0. The van der Waals surface area contributed by atoms with Crippen molar-refractivity contribution in [2.75, 3.05) is 31.1 Å². The normalized spacial score (nSPS) is 14.5. The number of rotatable bonds is 7. The van der Waals surface area contributed by atoms with E-state index in [2.05, 4.69) is 36.3 Å². The van der Waals surface area contributed by atoms with Crippen LogP contribution >= 0.6 is 0 Å². The largest absolute Gasteiger partial charge is 0.492 e. The third kappa shape index (κ3) is 5.36. The summed E-state index contributed by atoms with van der Waals surface area (Å²) < 4.78 is 7.38. The zero-order valence-corrected chi connectivity index (χ0v) is 17.9. The molecule has 4 rings (SSSR count). The fourth-order valence-corrected chi connectivity index (χ4v) is 3.84. The van der Waals surface area contributed by atoms with Gasteiger partial charge in [0.2, 0.25) is 5.91 Å². The van der Waals surface area contributed by atoms with Crippen LogP contribution in [0.5, 0.6) is 5.75 Å². The van der Waals surface area contributed by atoms with E-state index >= 15 is 0 Å². The van der Waals surface area contributed by atoms with Gasteiger partial charge in [-0.25, -0.2) is 19.6 Å². The minimum absolute atomic E-state index is 0.00841. The Kier molecular flexibility index (Phi) is 6.40. The third-order valence-electron chi connectivity index (χ3n) is 5.35. The summed E-state index contributed by atoms with van der Waals surface area (Å²) in [4.78, 5) is 27.3. The Bertz CT molecular complexity index is 994. The number of nitrogens with one attached hydrogen (secondary N) is 1. The molecule has 0 aliphatic carbocycles. The van der Waals surface area contributed by atoms with Gasteiger partial charge in [-0.2, -0.15) is 5.10 Å². The molecule has 9 heteroatoms. The lowest BCUT2D eigenvalue weighted by molar-refractivity contribution is -0.125. The average molecular weight is 422 g/mol. The number of hydrogen-bond acceptors (Lipinski definition) is 7. The first-order valence-corrected chi connectivity index (χ1v) is 10.5. The number of hydrogen-bond donors (Lipinski definition) is 1. The van der Waals surface area contributed by atoms with E-state index in [9.17, 15) is 4.79 Å². The van der Waals surface area contributed by atoms with E-state index < -0.39 is 0 Å². The molecule has 0 saturated carbocycles. The molecule has 9 nitrogen and oxygen atoms in total. The molecule has 1 aromatic carbocycles. The number of ether oxygens (including phenoxy) is 1. The molecule has 3 aromatic rings. The number of carbonyl (C=O) groups is 1. The van der Waals surface area contributed by atoms with Gasteiger partial charge >= 0.3 is 0 Å². The van der Waals surface area contributed by atoms with Crippen LogP contribution in [-0.2, 0) is 4.79 Å². The third-order valence-corrected chi connectivity index (χ3v) is 5.35. The van der Waals surface area contributed by atoms with Gasteiger partial charge in [-0.1, -0.05) is 6.07 Å². The van der Waals surface area contributed by atoms with Crippen LogP contribution in [0.2, 0.25) is 0 Å². The highest BCUT2D eigenvalue weighted by Crippen LogP contribution is 2.22. The predicted molar refractivity (Wildman–Crippen MR) is 116 cm³/mol. The Balaban J connectivity index is 1.22. The van der Waals surface area contributed by atoms with E-state index in [1.165, 1.54) is 23.8 Å². The maximum atomic E-state index is 12.5.